The number of rotatable bonds is 4. The molecule has 1 fully saturated rings. The molecule has 2 heterocycles. The van der Waals surface area contributed by atoms with Gasteiger partial charge in [-0.25, -0.2) is 0 Å². The van der Waals surface area contributed by atoms with Crippen LogP contribution in [0.2, 0.25) is 0 Å². The van der Waals surface area contributed by atoms with Crippen LogP contribution in [0.5, 0.6) is 0 Å². The van der Waals surface area contributed by atoms with Crippen LogP contribution in [0.15, 0.2) is 23.4 Å². The van der Waals surface area contributed by atoms with Gasteiger partial charge in [0.1, 0.15) is 0 Å². The number of anilines is 3. The molecule has 1 amide bonds. The minimum Gasteiger partial charge on any atom is -0.368 e. The van der Waals surface area contributed by atoms with Crippen molar-refractivity contribution in [2.24, 2.45) is 0 Å². The van der Waals surface area contributed by atoms with Crippen molar-refractivity contribution in [3.63, 3.8) is 0 Å². The quantitative estimate of drug-likeness (QED) is 0.766. The Hall–Kier alpha value is -2.55. The Morgan fingerprint density at radius 2 is 1.73 bits per heavy atom. The highest BCUT2D eigenvalue weighted by molar-refractivity contribution is 7.99. The lowest BCUT2D eigenvalue weighted by Crippen LogP contribution is -2.49. The second-order valence-electron chi connectivity index (χ2n) is 6.21. The average Bonchev–Trinajstić information content (AvgIpc) is 2.61. The van der Waals surface area contributed by atoms with Crippen molar-refractivity contribution >= 4 is 35.3 Å². The number of nitrogens with zero attached hydrogens (tertiary/aromatic N) is 5. The molecule has 3 rings (SSSR count). The molecule has 138 valence electrons. The Morgan fingerprint density at radius 1 is 1.08 bits per heavy atom. The number of hydrogen-bond donors (Lipinski definition) is 2. The molecule has 4 N–H and O–H groups in total. The van der Waals surface area contributed by atoms with Crippen LogP contribution in [0.25, 0.3) is 0 Å². The maximum atomic E-state index is 12.5. The van der Waals surface area contributed by atoms with Gasteiger partial charge in [0.15, 0.2) is 5.16 Å². The molecular formula is C17H23N7OS. The second-order valence-corrected chi connectivity index (χ2v) is 7.15. The number of nitrogen functional groups attached to an aromatic ring is 2. The van der Waals surface area contributed by atoms with Crippen LogP contribution in [-0.2, 0) is 4.79 Å². The highest BCUT2D eigenvalue weighted by atomic mass is 32.2. The van der Waals surface area contributed by atoms with Gasteiger partial charge < -0.3 is 21.3 Å². The molecule has 8 nitrogen and oxygen atoms in total. The summed E-state index contributed by atoms with van der Waals surface area (Å²) in [5, 5.41) is 0.373. The van der Waals surface area contributed by atoms with Crippen molar-refractivity contribution in [2.75, 3.05) is 48.3 Å². The van der Waals surface area contributed by atoms with Gasteiger partial charge in [-0.1, -0.05) is 23.9 Å². The van der Waals surface area contributed by atoms with Crippen molar-refractivity contribution in [1.29, 1.82) is 0 Å². The Balaban J connectivity index is 1.54. The highest BCUT2D eigenvalue weighted by Gasteiger charge is 2.22. The van der Waals surface area contributed by atoms with E-state index in [2.05, 4.69) is 51.9 Å². The molecule has 9 heteroatoms. The van der Waals surface area contributed by atoms with Crippen LogP contribution < -0.4 is 16.4 Å². The molecular weight excluding hydrogens is 350 g/mol. The van der Waals surface area contributed by atoms with Crippen LogP contribution in [0.3, 0.4) is 0 Å². The van der Waals surface area contributed by atoms with Gasteiger partial charge in [-0.15, -0.1) is 0 Å². The van der Waals surface area contributed by atoms with Crippen LogP contribution in [0, 0.1) is 13.8 Å². The van der Waals surface area contributed by atoms with Crippen molar-refractivity contribution in [2.45, 2.75) is 19.0 Å². The summed E-state index contributed by atoms with van der Waals surface area (Å²) in [7, 11) is 0. The van der Waals surface area contributed by atoms with E-state index >= 15 is 0 Å². The first-order chi connectivity index (χ1) is 12.4. The minimum atomic E-state index is 0.0631. The first-order valence-corrected chi connectivity index (χ1v) is 9.41. The molecule has 1 aliphatic rings. The van der Waals surface area contributed by atoms with Crippen LogP contribution in [-0.4, -0.2) is 57.7 Å². The minimum absolute atomic E-state index is 0.0631. The Labute approximate surface area is 157 Å². The van der Waals surface area contributed by atoms with Crippen LogP contribution in [0.1, 0.15) is 11.1 Å². The normalized spacial score (nSPS) is 14.5. The van der Waals surface area contributed by atoms with Gasteiger partial charge >= 0.3 is 0 Å². The van der Waals surface area contributed by atoms with Gasteiger partial charge in [0.05, 0.1) is 5.75 Å². The molecule has 1 saturated heterocycles. The van der Waals surface area contributed by atoms with E-state index in [1.54, 1.807) is 0 Å². The highest BCUT2D eigenvalue weighted by Crippen LogP contribution is 2.24. The second kappa shape index (κ2) is 7.77. The molecule has 1 aromatic heterocycles. The summed E-state index contributed by atoms with van der Waals surface area (Å²) in [5.41, 5.74) is 14.9. The SMILES string of the molecule is Cc1cccc(N2CCN(C(=O)CSc3nc(N)nc(N)n3)CC2)c1C. The topological polar surface area (TPSA) is 114 Å². The number of nitrogens with two attached hydrogens (primary N) is 2. The van der Waals surface area contributed by atoms with Gasteiger partial charge in [0, 0.05) is 31.9 Å². The monoisotopic (exact) mass is 373 g/mol. The zero-order chi connectivity index (χ0) is 18.7. The number of aryl methyl sites for hydroxylation is 1. The number of thioether (sulfide) groups is 1. The van der Waals surface area contributed by atoms with Crippen LogP contribution >= 0.6 is 11.8 Å². The molecule has 0 radical (unpaired) electrons. The third-order valence-electron chi connectivity index (χ3n) is 4.52. The van der Waals surface area contributed by atoms with Crippen molar-refractivity contribution < 1.29 is 4.79 Å². The summed E-state index contributed by atoms with van der Waals surface area (Å²) in [4.78, 5) is 28.4. The zero-order valence-electron chi connectivity index (χ0n) is 15.0. The predicted molar refractivity (Wildman–Crippen MR) is 104 cm³/mol. The predicted octanol–water partition coefficient (Wildman–Crippen LogP) is 1.09. The molecule has 1 aliphatic heterocycles. The Morgan fingerprint density at radius 3 is 2.38 bits per heavy atom. The molecule has 0 spiro atoms. The fourth-order valence-electron chi connectivity index (χ4n) is 2.95. The molecule has 26 heavy (non-hydrogen) atoms. The van der Waals surface area contributed by atoms with E-state index < -0.39 is 0 Å². The fourth-order valence-corrected chi connectivity index (χ4v) is 3.70. The molecule has 1 aromatic carbocycles. The first-order valence-electron chi connectivity index (χ1n) is 8.43. The maximum Gasteiger partial charge on any atom is 0.233 e. The molecule has 0 bridgehead atoms. The lowest BCUT2D eigenvalue weighted by atomic mass is 10.1. The largest absolute Gasteiger partial charge is 0.368 e. The van der Waals surface area contributed by atoms with Gasteiger partial charge in [-0.3, -0.25) is 4.79 Å². The van der Waals surface area contributed by atoms with E-state index in [1.807, 2.05) is 4.90 Å². The lowest BCUT2D eigenvalue weighted by Gasteiger charge is -2.37. The summed E-state index contributed by atoms with van der Waals surface area (Å²) in [6.07, 6.45) is 0. The molecule has 0 unspecified atom stereocenters. The summed E-state index contributed by atoms with van der Waals surface area (Å²) < 4.78 is 0. The van der Waals surface area contributed by atoms with E-state index in [-0.39, 0.29) is 23.6 Å². The summed E-state index contributed by atoms with van der Waals surface area (Å²) in [5.74, 6) is 0.448. The average molecular weight is 373 g/mol. The van der Waals surface area contributed by atoms with Crippen molar-refractivity contribution in [3.8, 4) is 0 Å². The summed E-state index contributed by atoms with van der Waals surface area (Å²) >= 11 is 1.23. The van der Waals surface area contributed by atoms with E-state index in [0.29, 0.717) is 18.2 Å². The van der Waals surface area contributed by atoms with E-state index in [9.17, 15) is 4.79 Å². The molecule has 0 saturated carbocycles. The summed E-state index contributed by atoms with van der Waals surface area (Å²) in [6.45, 7) is 7.32. The summed E-state index contributed by atoms with van der Waals surface area (Å²) in [6, 6.07) is 6.35. The number of carbonyl (C=O) groups is 1. The molecule has 2 aromatic rings. The van der Waals surface area contributed by atoms with E-state index in [4.69, 9.17) is 11.5 Å². The maximum absolute atomic E-state index is 12.5. The van der Waals surface area contributed by atoms with Crippen molar-refractivity contribution in [1.82, 2.24) is 19.9 Å². The fraction of sp³-hybridized carbons (Fsp3) is 0.412. The van der Waals surface area contributed by atoms with Crippen molar-refractivity contribution in [3.05, 3.63) is 29.3 Å². The van der Waals surface area contributed by atoms with E-state index in [0.717, 1.165) is 13.1 Å². The number of aromatic nitrogens is 3. The number of hydrogen-bond acceptors (Lipinski definition) is 8. The number of amides is 1. The van der Waals surface area contributed by atoms with Gasteiger partial charge in [0.25, 0.3) is 0 Å². The molecule has 0 aliphatic carbocycles. The Bertz CT molecular complexity index is 785. The standard InChI is InChI=1S/C17H23N7OS/c1-11-4-3-5-13(12(11)2)23-6-8-24(9-7-23)14(25)10-26-17-21-15(18)20-16(19)22-17/h3-5H,6-10H2,1-2H3,(H4,18,19,20,21,22). The zero-order valence-corrected chi connectivity index (χ0v) is 15.8. The third-order valence-corrected chi connectivity index (χ3v) is 5.36. The van der Waals surface area contributed by atoms with Crippen LogP contribution in [0.4, 0.5) is 17.6 Å². The number of carbonyl (C=O) groups excluding carboxylic acids is 1. The third kappa shape index (κ3) is 4.16. The molecule has 0 atom stereocenters. The Kier molecular flexibility index (Phi) is 5.46. The van der Waals surface area contributed by atoms with Gasteiger partial charge in [-0.05, 0) is 31.0 Å². The lowest BCUT2D eigenvalue weighted by molar-refractivity contribution is -0.128. The number of piperazine rings is 1. The smallest absolute Gasteiger partial charge is 0.233 e. The number of benzene rings is 1. The first kappa shape index (κ1) is 18.2. The van der Waals surface area contributed by atoms with E-state index in [1.165, 1.54) is 28.6 Å². The van der Waals surface area contributed by atoms with Gasteiger partial charge in [-0.2, -0.15) is 15.0 Å². The van der Waals surface area contributed by atoms with Gasteiger partial charge in [0.2, 0.25) is 17.8 Å².